The zero-order valence-corrected chi connectivity index (χ0v) is 13.8. The number of carbonyl (C=O) groups is 1. The Morgan fingerprint density at radius 3 is 2.64 bits per heavy atom. The molecule has 2 atom stereocenters. The lowest BCUT2D eigenvalue weighted by Crippen LogP contribution is -2.47. The number of pyridine rings is 1. The first-order valence-corrected chi connectivity index (χ1v) is 8.23. The van der Waals surface area contributed by atoms with Crippen molar-refractivity contribution in [2.45, 2.75) is 37.8 Å². The summed E-state index contributed by atoms with van der Waals surface area (Å²) >= 11 is 0. The van der Waals surface area contributed by atoms with Crippen LogP contribution in [0, 0.1) is 0 Å². The van der Waals surface area contributed by atoms with Gasteiger partial charge in [-0.3, -0.25) is 4.79 Å². The van der Waals surface area contributed by atoms with Crippen LogP contribution in [-0.4, -0.2) is 67.0 Å². The lowest BCUT2D eigenvalue weighted by atomic mass is 10.0. The Hall–Kier alpha value is -1.62. The average Bonchev–Trinajstić information content (AvgIpc) is 3.14. The van der Waals surface area contributed by atoms with E-state index in [0.717, 1.165) is 37.3 Å². The van der Waals surface area contributed by atoms with Crippen LogP contribution in [0.3, 0.4) is 0 Å². The van der Waals surface area contributed by atoms with Gasteiger partial charge in [0.05, 0.1) is 5.56 Å². The highest BCUT2D eigenvalue weighted by atomic mass is 16.2. The molecule has 120 valence electrons. The summed E-state index contributed by atoms with van der Waals surface area (Å²) in [6, 6.07) is 4.63. The molecule has 1 amide bonds. The van der Waals surface area contributed by atoms with Crippen molar-refractivity contribution in [2.75, 3.05) is 39.1 Å². The smallest absolute Gasteiger partial charge is 0.257 e. The Balaban J connectivity index is 1.85. The molecule has 1 aromatic heterocycles. The number of hydrogen-bond donors (Lipinski definition) is 0. The quantitative estimate of drug-likeness (QED) is 0.854. The third-order valence-corrected chi connectivity index (χ3v) is 5.02. The number of anilines is 1. The summed E-state index contributed by atoms with van der Waals surface area (Å²) in [5, 5.41) is 0. The molecule has 3 rings (SSSR count). The fraction of sp³-hybridized carbons (Fsp3) is 0.647. The van der Waals surface area contributed by atoms with Crippen LogP contribution in [0.4, 0.5) is 5.82 Å². The van der Waals surface area contributed by atoms with Crippen LogP contribution in [0.15, 0.2) is 18.3 Å². The topological polar surface area (TPSA) is 39.7 Å². The van der Waals surface area contributed by atoms with Gasteiger partial charge < -0.3 is 14.7 Å². The van der Waals surface area contributed by atoms with Crippen LogP contribution in [0.1, 0.15) is 36.0 Å². The minimum absolute atomic E-state index is 0.139. The number of carbonyl (C=O) groups excluding carboxylic acids is 1. The van der Waals surface area contributed by atoms with E-state index >= 15 is 0 Å². The van der Waals surface area contributed by atoms with Crippen molar-refractivity contribution in [3.8, 4) is 0 Å². The van der Waals surface area contributed by atoms with Crippen LogP contribution in [0.2, 0.25) is 0 Å². The van der Waals surface area contributed by atoms with Crippen LogP contribution >= 0.6 is 0 Å². The maximum Gasteiger partial charge on any atom is 0.257 e. The number of amides is 1. The lowest BCUT2D eigenvalue weighted by molar-refractivity contribution is 0.0665. The van der Waals surface area contributed by atoms with Gasteiger partial charge in [0.25, 0.3) is 5.91 Å². The van der Waals surface area contributed by atoms with E-state index in [1.165, 1.54) is 12.8 Å². The Kier molecular flexibility index (Phi) is 4.34. The molecule has 0 radical (unpaired) electrons. The number of aromatic nitrogens is 1. The van der Waals surface area contributed by atoms with Crippen LogP contribution in [0.5, 0.6) is 0 Å². The maximum absolute atomic E-state index is 13.1. The summed E-state index contributed by atoms with van der Waals surface area (Å²) < 4.78 is 0. The molecule has 5 heteroatoms. The van der Waals surface area contributed by atoms with E-state index in [2.05, 4.69) is 21.8 Å². The van der Waals surface area contributed by atoms with Crippen molar-refractivity contribution < 1.29 is 4.79 Å². The SMILES string of the molecule is CN(C)c1ncccc1C(=O)N1CCCC1C1CCCN1C. The minimum atomic E-state index is 0.139. The second-order valence-electron chi connectivity index (χ2n) is 6.67. The highest BCUT2D eigenvalue weighted by Gasteiger charge is 2.39. The fourth-order valence-corrected chi connectivity index (χ4v) is 3.94. The molecule has 0 N–H and O–H groups in total. The van der Waals surface area contributed by atoms with Crippen molar-refractivity contribution in [2.24, 2.45) is 0 Å². The minimum Gasteiger partial charge on any atom is -0.362 e. The fourth-order valence-electron chi connectivity index (χ4n) is 3.94. The number of likely N-dealkylation sites (N-methyl/N-ethyl adjacent to an activating group) is 1. The number of rotatable bonds is 3. The van der Waals surface area contributed by atoms with E-state index in [9.17, 15) is 4.79 Å². The molecule has 2 fully saturated rings. The Morgan fingerprint density at radius 2 is 1.95 bits per heavy atom. The molecular weight excluding hydrogens is 276 g/mol. The molecule has 2 aliphatic rings. The molecule has 0 bridgehead atoms. The van der Waals surface area contributed by atoms with Crippen molar-refractivity contribution >= 4 is 11.7 Å². The van der Waals surface area contributed by atoms with Gasteiger partial charge >= 0.3 is 0 Å². The molecule has 2 unspecified atom stereocenters. The predicted octanol–water partition coefficient (Wildman–Crippen LogP) is 1.85. The summed E-state index contributed by atoms with van der Waals surface area (Å²) in [7, 11) is 6.06. The summed E-state index contributed by atoms with van der Waals surface area (Å²) in [6.45, 7) is 2.02. The molecule has 2 aliphatic heterocycles. The van der Waals surface area contributed by atoms with Gasteiger partial charge in [-0.05, 0) is 51.4 Å². The average molecular weight is 302 g/mol. The van der Waals surface area contributed by atoms with E-state index in [-0.39, 0.29) is 5.91 Å². The van der Waals surface area contributed by atoms with Gasteiger partial charge in [-0.2, -0.15) is 0 Å². The molecule has 22 heavy (non-hydrogen) atoms. The summed E-state index contributed by atoms with van der Waals surface area (Å²) in [5.41, 5.74) is 0.722. The Bertz CT molecular complexity index is 545. The van der Waals surface area contributed by atoms with Crippen LogP contribution in [0.25, 0.3) is 0 Å². The molecule has 1 aromatic rings. The van der Waals surface area contributed by atoms with Gasteiger partial charge in [0.1, 0.15) is 5.82 Å². The number of likely N-dealkylation sites (tertiary alicyclic amines) is 2. The Morgan fingerprint density at radius 1 is 1.23 bits per heavy atom. The Labute approximate surface area is 132 Å². The molecule has 5 nitrogen and oxygen atoms in total. The molecule has 3 heterocycles. The van der Waals surface area contributed by atoms with Gasteiger partial charge in [0.15, 0.2) is 0 Å². The van der Waals surface area contributed by atoms with E-state index in [4.69, 9.17) is 0 Å². The van der Waals surface area contributed by atoms with Gasteiger partial charge in [-0.15, -0.1) is 0 Å². The highest BCUT2D eigenvalue weighted by Crippen LogP contribution is 2.31. The lowest BCUT2D eigenvalue weighted by Gasteiger charge is -2.33. The first kappa shape index (κ1) is 15.3. The first-order valence-electron chi connectivity index (χ1n) is 8.23. The molecular formula is C17H26N4O. The van der Waals surface area contributed by atoms with E-state index < -0.39 is 0 Å². The monoisotopic (exact) mass is 302 g/mol. The first-order chi connectivity index (χ1) is 10.6. The predicted molar refractivity (Wildman–Crippen MR) is 88.3 cm³/mol. The van der Waals surface area contributed by atoms with Gasteiger partial charge in [0.2, 0.25) is 0 Å². The van der Waals surface area contributed by atoms with Crippen molar-refractivity contribution in [1.82, 2.24) is 14.8 Å². The summed E-state index contributed by atoms with van der Waals surface area (Å²) in [6.07, 6.45) is 6.43. The van der Waals surface area contributed by atoms with E-state index in [1.54, 1.807) is 6.20 Å². The zero-order chi connectivity index (χ0) is 15.7. The third-order valence-electron chi connectivity index (χ3n) is 5.02. The van der Waals surface area contributed by atoms with Crippen molar-refractivity contribution in [3.05, 3.63) is 23.9 Å². The van der Waals surface area contributed by atoms with Gasteiger partial charge in [0, 0.05) is 38.9 Å². The normalized spacial score (nSPS) is 25.7. The zero-order valence-electron chi connectivity index (χ0n) is 13.8. The molecule has 0 saturated carbocycles. The second kappa shape index (κ2) is 6.24. The third kappa shape index (κ3) is 2.70. The number of nitrogens with zero attached hydrogens (tertiary/aromatic N) is 4. The molecule has 0 aliphatic carbocycles. The van der Waals surface area contributed by atoms with Crippen LogP contribution < -0.4 is 4.90 Å². The molecule has 0 aromatic carbocycles. The van der Waals surface area contributed by atoms with E-state index in [1.807, 2.05) is 31.1 Å². The summed E-state index contributed by atoms with van der Waals surface area (Å²) in [5.74, 6) is 0.900. The standard InChI is InChI=1S/C17H26N4O/c1-19(2)16-13(7-4-10-18-16)17(22)21-12-6-9-15(21)14-8-5-11-20(14)3/h4,7,10,14-15H,5-6,8-9,11-12H2,1-3H3. The maximum atomic E-state index is 13.1. The molecule has 0 spiro atoms. The van der Waals surface area contributed by atoms with Crippen molar-refractivity contribution in [3.63, 3.8) is 0 Å². The second-order valence-corrected chi connectivity index (χ2v) is 6.67. The number of hydrogen-bond acceptors (Lipinski definition) is 4. The van der Waals surface area contributed by atoms with Gasteiger partial charge in [-0.25, -0.2) is 4.98 Å². The largest absolute Gasteiger partial charge is 0.362 e. The summed E-state index contributed by atoms with van der Waals surface area (Å²) in [4.78, 5) is 23.9. The van der Waals surface area contributed by atoms with Crippen LogP contribution in [-0.2, 0) is 0 Å². The molecule has 2 saturated heterocycles. The van der Waals surface area contributed by atoms with Crippen molar-refractivity contribution in [1.29, 1.82) is 0 Å². The van der Waals surface area contributed by atoms with E-state index in [0.29, 0.717) is 12.1 Å². The van der Waals surface area contributed by atoms with Gasteiger partial charge in [-0.1, -0.05) is 0 Å². The highest BCUT2D eigenvalue weighted by molar-refractivity contribution is 5.99.